The zero-order valence-corrected chi connectivity index (χ0v) is 16.4. The molecule has 2 heterocycles. The van der Waals surface area contributed by atoms with Crippen LogP contribution in [-0.2, 0) is 4.79 Å². The first-order valence-corrected chi connectivity index (χ1v) is 9.73. The molecule has 0 saturated carbocycles. The van der Waals surface area contributed by atoms with E-state index in [1.165, 1.54) is 11.3 Å². The van der Waals surface area contributed by atoms with E-state index in [9.17, 15) is 9.59 Å². The molecule has 8 heteroatoms. The van der Waals surface area contributed by atoms with Crippen LogP contribution in [-0.4, -0.2) is 36.6 Å². The molecular formula is C20H20N4O3S. The smallest absolute Gasteiger partial charge is 0.321 e. The summed E-state index contributed by atoms with van der Waals surface area (Å²) in [5.41, 5.74) is 2.75. The standard InChI is InChI=1S/C20H20N4O3S/c1-12-4-3-5-16-18(12)22-20(28-16)23-19(26)21-13-10-17(25)24(11-13)14-6-8-15(27-2)9-7-14/h3-9,13H,10-11H2,1-2H3,(H2,21,22,23,26). The van der Waals surface area contributed by atoms with Crippen LogP contribution in [0.1, 0.15) is 12.0 Å². The van der Waals surface area contributed by atoms with Gasteiger partial charge in [-0.15, -0.1) is 0 Å². The fourth-order valence-corrected chi connectivity index (χ4v) is 4.21. The van der Waals surface area contributed by atoms with Gasteiger partial charge in [0.25, 0.3) is 0 Å². The molecule has 0 aliphatic carbocycles. The molecule has 0 spiro atoms. The second-order valence-corrected chi connectivity index (χ2v) is 7.67. The van der Waals surface area contributed by atoms with Gasteiger partial charge in [0.05, 0.1) is 23.4 Å². The van der Waals surface area contributed by atoms with Crippen molar-refractivity contribution in [3.63, 3.8) is 0 Å². The van der Waals surface area contributed by atoms with Gasteiger partial charge in [0.15, 0.2) is 5.13 Å². The zero-order chi connectivity index (χ0) is 19.7. The Morgan fingerprint density at radius 2 is 2.04 bits per heavy atom. The summed E-state index contributed by atoms with van der Waals surface area (Å²) in [6.07, 6.45) is 0.262. The van der Waals surface area contributed by atoms with Gasteiger partial charge in [-0.2, -0.15) is 0 Å². The predicted molar refractivity (Wildman–Crippen MR) is 110 cm³/mol. The Bertz CT molecular complexity index is 1030. The molecule has 1 fully saturated rings. The van der Waals surface area contributed by atoms with Crippen LogP contribution in [0.15, 0.2) is 42.5 Å². The van der Waals surface area contributed by atoms with Crippen LogP contribution >= 0.6 is 11.3 Å². The number of fused-ring (bicyclic) bond motifs is 1. The quantitative estimate of drug-likeness (QED) is 0.707. The molecule has 1 unspecified atom stereocenters. The first kappa shape index (κ1) is 18.2. The van der Waals surface area contributed by atoms with Crippen molar-refractivity contribution in [1.82, 2.24) is 10.3 Å². The molecule has 4 rings (SSSR count). The molecule has 1 atom stereocenters. The van der Waals surface area contributed by atoms with Crippen molar-refractivity contribution in [2.45, 2.75) is 19.4 Å². The number of hydrogen-bond acceptors (Lipinski definition) is 5. The van der Waals surface area contributed by atoms with Crippen LogP contribution in [0.5, 0.6) is 5.75 Å². The number of methoxy groups -OCH3 is 1. The number of urea groups is 1. The summed E-state index contributed by atoms with van der Waals surface area (Å²) in [6, 6.07) is 12.6. The SMILES string of the molecule is COc1ccc(N2CC(NC(=O)Nc3nc4c(C)cccc4s3)CC2=O)cc1. The van der Waals surface area contributed by atoms with Crippen LogP contribution in [0, 0.1) is 6.92 Å². The van der Waals surface area contributed by atoms with Crippen molar-refractivity contribution in [3.8, 4) is 5.75 Å². The average Bonchev–Trinajstić information content (AvgIpc) is 3.25. The number of hydrogen-bond donors (Lipinski definition) is 2. The molecule has 3 aromatic rings. The molecule has 1 saturated heterocycles. The van der Waals surface area contributed by atoms with Gasteiger partial charge < -0.3 is 15.0 Å². The van der Waals surface area contributed by atoms with E-state index >= 15 is 0 Å². The Morgan fingerprint density at radius 1 is 1.25 bits per heavy atom. The van der Waals surface area contributed by atoms with E-state index in [-0.39, 0.29) is 24.4 Å². The second kappa shape index (κ2) is 7.47. The summed E-state index contributed by atoms with van der Waals surface area (Å²) < 4.78 is 6.17. The molecule has 0 radical (unpaired) electrons. The van der Waals surface area contributed by atoms with E-state index in [4.69, 9.17) is 4.74 Å². The third kappa shape index (κ3) is 3.63. The molecule has 0 bridgehead atoms. The minimum Gasteiger partial charge on any atom is -0.497 e. The normalized spacial score (nSPS) is 16.4. The number of aromatic nitrogens is 1. The molecular weight excluding hydrogens is 376 g/mol. The lowest BCUT2D eigenvalue weighted by molar-refractivity contribution is -0.117. The summed E-state index contributed by atoms with van der Waals surface area (Å²) in [4.78, 5) is 30.9. The maximum Gasteiger partial charge on any atom is 0.321 e. The van der Waals surface area contributed by atoms with Crippen LogP contribution in [0.3, 0.4) is 0 Å². The minimum atomic E-state index is -0.355. The number of thiazole rings is 1. The summed E-state index contributed by atoms with van der Waals surface area (Å²) in [6.45, 7) is 2.42. The van der Waals surface area contributed by atoms with Gasteiger partial charge in [0, 0.05) is 18.7 Å². The fourth-order valence-electron chi connectivity index (χ4n) is 3.27. The lowest BCUT2D eigenvalue weighted by atomic mass is 10.2. The van der Waals surface area contributed by atoms with E-state index in [0.29, 0.717) is 11.7 Å². The molecule has 1 aliphatic rings. The maximum atomic E-state index is 12.4. The van der Waals surface area contributed by atoms with E-state index in [2.05, 4.69) is 15.6 Å². The molecule has 2 aromatic carbocycles. The molecule has 1 aromatic heterocycles. The van der Waals surface area contributed by atoms with Gasteiger partial charge in [-0.3, -0.25) is 10.1 Å². The minimum absolute atomic E-state index is 0.0221. The molecule has 144 valence electrons. The number of ether oxygens (including phenoxy) is 1. The van der Waals surface area contributed by atoms with Crippen molar-refractivity contribution in [1.29, 1.82) is 0 Å². The highest BCUT2D eigenvalue weighted by atomic mass is 32.1. The number of amides is 3. The number of para-hydroxylation sites is 1. The average molecular weight is 396 g/mol. The monoisotopic (exact) mass is 396 g/mol. The van der Waals surface area contributed by atoms with E-state index in [1.54, 1.807) is 12.0 Å². The van der Waals surface area contributed by atoms with Gasteiger partial charge >= 0.3 is 6.03 Å². The van der Waals surface area contributed by atoms with Gasteiger partial charge in [0.2, 0.25) is 5.91 Å². The third-order valence-corrected chi connectivity index (χ3v) is 5.62. The summed E-state index contributed by atoms with van der Waals surface area (Å²) in [5, 5.41) is 6.19. The summed E-state index contributed by atoms with van der Waals surface area (Å²) in [5.74, 6) is 0.710. The molecule has 3 amide bonds. The highest BCUT2D eigenvalue weighted by Crippen LogP contribution is 2.28. The number of carbonyl (C=O) groups is 2. The Labute approximate surface area is 166 Å². The number of aryl methyl sites for hydroxylation is 1. The summed E-state index contributed by atoms with van der Waals surface area (Å²) in [7, 11) is 1.60. The number of benzene rings is 2. The predicted octanol–water partition coefficient (Wildman–Crippen LogP) is 3.54. The molecule has 1 aliphatic heterocycles. The van der Waals surface area contributed by atoms with Crippen molar-refractivity contribution in [3.05, 3.63) is 48.0 Å². The van der Waals surface area contributed by atoms with Crippen molar-refractivity contribution in [2.24, 2.45) is 0 Å². The first-order valence-electron chi connectivity index (χ1n) is 8.91. The number of nitrogens with one attached hydrogen (secondary N) is 2. The van der Waals surface area contributed by atoms with Crippen molar-refractivity contribution < 1.29 is 14.3 Å². The molecule has 2 N–H and O–H groups in total. The van der Waals surface area contributed by atoms with Gasteiger partial charge in [-0.05, 0) is 42.8 Å². The zero-order valence-electron chi connectivity index (χ0n) is 15.6. The van der Waals surface area contributed by atoms with E-state index < -0.39 is 0 Å². The highest BCUT2D eigenvalue weighted by molar-refractivity contribution is 7.22. The van der Waals surface area contributed by atoms with Gasteiger partial charge in [-0.25, -0.2) is 9.78 Å². The Kier molecular flexibility index (Phi) is 4.87. The van der Waals surface area contributed by atoms with Crippen molar-refractivity contribution >= 4 is 44.3 Å². The van der Waals surface area contributed by atoms with Crippen LogP contribution in [0.25, 0.3) is 10.2 Å². The largest absolute Gasteiger partial charge is 0.497 e. The first-order chi connectivity index (χ1) is 13.5. The third-order valence-electron chi connectivity index (χ3n) is 4.69. The fraction of sp³-hybridized carbons (Fsp3) is 0.250. The second-order valence-electron chi connectivity index (χ2n) is 6.64. The van der Waals surface area contributed by atoms with Crippen LogP contribution in [0.4, 0.5) is 15.6 Å². The van der Waals surface area contributed by atoms with E-state index in [1.807, 2.05) is 49.4 Å². The van der Waals surface area contributed by atoms with Crippen LogP contribution in [0.2, 0.25) is 0 Å². The van der Waals surface area contributed by atoms with Crippen molar-refractivity contribution in [2.75, 3.05) is 23.9 Å². The Balaban J connectivity index is 1.39. The number of anilines is 2. The van der Waals surface area contributed by atoms with Gasteiger partial charge in [0.1, 0.15) is 5.75 Å². The Morgan fingerprint density at radius 3 is 2.75 bits per heavy atom. The Hall–Kier alpha value is -3.13. The van der Waals surface area contributed by atoms with E-state index in [0.717, 1.165) is 27.2 Å². The topological polar surface area (TPSA) is 83.6 Å². The van der Waals surface area contributed by atoms with Gasteiger partial charge in [-0.1, -0.05) is 23.5 Å². The number of rotatable bonds is 4. The lowest BCUT2D eigenvalue weighted by Crippen LogP contribution is -2.39. The summed E-state index contributed by atoms with van der Waals surface area (Å²) >= 11 is 1.43. The van der Waals surface area contributed by atoms with Crippen LogP contribution < -0.4 is 20.3 Å². The maximum absolute atomic E-state index is 12.4. The lowest BCUT2D eigenvalue weighted by Gasteiger charge is -2.17. The molecule has 7 nitrogen and oxygen atoms in total. The number of nitrogens with zero attached hydrogens (tertiary/aromatic N) is 2. The number of carbonyl (C=O) groups excluding carboxylic acids is 2. The molecule has 28 heavy (non-hydrogen) atoms. The highest BCUT2D eigenvalue weighted by Gasteiger charge is 2.31.